The first-order valence-electron chi connectivity index (χ1n) is 4.53. The SMILES string of the molecule is NC(c1ccc(Cl)c(Cl)c1)c1ccoc1Cl. The highest BCUT2D eigenvalue weighted by Gasteiger charge is 2.15. The van der Waals surface area contributed by atoms with Crippen LogP contribution < -0.4 is 5.73 Å². The number of hydrogen-bond donors (Lipinski definition) is 1. The van der Waals surface area contributed by atoms with Crippen molar-refractivity contribution in [1.82, 2.24) is 0 Å². The van der Waals surface area contributed by atoms with E-state index in [1.54, 1.807) is 18.2 Å². The fraction of sp³-hybridized carbons (Fsp3) is 0.0909. The summed E-state index contributed by atoms with van der Waals surface area (Å²) >= 11 is 17.6. The Morgan fingerprint density at radius 1 is 1.06 bits per heavy atom. The average molecular weight is 277 g/mol. The molecule has 2 nitrogen and oxygen atoms in total. The molecule has 0 radical (unpaired) electrons. The molecule has 1 atom stereocenters. The second kappa shape index (κ2) is 4.68. The number of furan rings is 1. The van der Waals surface area contributed by atoms with Crippen LogP contribution in [0.25, 0.3) is 0 Å². The van der Waals surface area contributed by atoms with Crippen molar-refractivity contribution in [3.63, 3.8) is 0 Å². The molecule has 1 aromatic heterocycles. The van der Waals surface area contributed by atoms with E-state index >= 15 is 0 Å². The normalized spacial score (nSPS) is 12.8. The van der Waals surface area contributed by atoms with Crippen LogP contribution in [0.4, 0.5) is 0 Å². The van der Waals surface area contributed by atoms with Crippen LogP contribution in [0, 0.1) is 0 Å². The summed E-state index contributed by atoms with van der Waals surface area (Å²) in [4.78, 5) is 0. The Morgan fingerprint density at radius 3 is 2.38 bits per heavy atom. The molecule has 0 bridgehead atoms. The minimum atomic E-state index is -0.374. The van der Waals surface area contributed by atoms with Gasteiger partial charge >= 0.3 is 0 Å². The van der Waals surface area contributed by atoms with E-state index in [0.29, 0.717) is 15.3 Å². The van der Waals surface area contributed by atoms with Gasteiger partial charge in [0.25, 0.3) is 0 Å². The van der Waals surface area contributed by atoms with Crippen LogP contribution in [0.5, 0.6) is 0 Å². The second-order valence-corrected chi connectivity index (χ2v) is 4.46. The van der Waals surface area contributed by atoms with E-state index in [-0.39, 0.29) is 6.04 Å². The van der Waals surface area contributed by atoms with Crippen LogP contribution in [-0.4, -0.2) is 0 Å². The van der Waals surface area contributed by atoms with Gasteiger partial charge in [-0.1, -0.05) is 29.3 Å². The van der Waals surface area contributed by atoms with Gasteiger partial charge in [0.2, 0.25) is 0 Å². The van der Waals surface area contributed by atoms with Crippen LogP contribution in [0.2, 0.25) is 15.3 Å². The van der Waals surface area contributed by atoms with Gasteiger partial charge in [0, 0.05) is 5.56 Å². The zero-order chi connectivity index (χ0) is 11.7. The first kappa shape index (κ1) is 11.8. The number of nitrogens with two attached hydrogens (primary N) is 1. The number of rotatable bonds is 2. The van der Waals surface area contributed by atoms with Gasteiger partial charge in [0.1, 0.15) is 0 Å². The van der Waals surface area contributed by atoms with Crippen molar-refractivity contribution in [2.75, 3.05) is 0 Å². The van der Waals surface area contributed by atoms with Crippen LogP contribution in [-0.2, 0) is 0 Å². The van der Waals surface area contributed by atoms with Crippen LogP contribution in [0.3, 0.4) is 0 Å². The molecule has 2 rings (SSSR count). The first-order chi connectivity index (χ1) is 7.59. The molecule has 84 valence electrons. The van der Waals surface area contributed by atoms with Crippen molar-refractivity contribution in [1.29, 1.82) is 0 Å². The van der Waals surface area contributed by atoms with Crippen molar-refractivity contribution in [2.24, 2.45) is 5.73 Å². The summed E-state index contributed by atoms with van der Waals surface area (Å²) in [6.07, 6.45) is 1.50. The summed E-state index contributed by atoms with van der Waals surface area (Å²) in [5.74, 6) is 0. The summed E-state index contributed by atoms with van der Waals surface area (Å²) in [5, 5.41) is 1.25. The minimum absolute atomic E-state index is 0.290. The second-order valence-electron chi connectivity index (χ2n) is 3.30. The lowest BCUT2D eigenvalue weighted by atomic mass is 10.0. The van der Waals surface area contributed by atoms with Gasteiger partial charge in [-0.05, 0) is 35.4 Å². The fourth-order valence-electron chi connectivity index (χ4n) is 1.41. The van der Waals surface area contributed by atoms with Crippen LogP contribution in [0.1, 0.15) is 17.2 Å². The lowest BCUT2D eigenvalue weighted by Gasteiger charge is -2.11. The van der Waals surface area contributed by atoms with E-state index in [2.05, 4.69) is 0 Å². The molecule has 1 heterocycles. The van der Waals surface area contributed by atoms with Crippen molar-refractivity contribution in [3.8, 4) is 0 Å². The van der Waals surface area contributed by atoms with E-state index in [0.717, 1.165) is 11.1 Å². The molecule has 2 aromatic rings. The highest BCUT2D eigenvalue weighted by atomic mass is 35.5. The van der Waals surface area contributed by atoms with E-state index < -0.39 is 0 Å². The standard InChI is InChI=1S/C11H8Cl3NO/c12-8-2-1-6(5-9(8)13)10(15)7-3-4-16-11(7)14/h1-5,10H,15H2. The van der Waals surface area contributed by atoms with E-state index in [4.69, 9.17) is 45.0 Å². The van der Waals surface area contributed by atoms with Gasteiger partial charge < -0.3 is 10.2 Å². The number of halogens is 3. The third-order valence-corrected chi connectivity index (χ3v) is 3.33. The van der Waals surface area contributed by atoms with Gasteiger partial charge in [-0.25, -0.2) is 0 Å². The maximum atomic E-state index is 6.03. The van der Waals surface area contributed by atoms with Crippen LogP contribution in [0.15, 0.2) is 34.9 Å². The molecule has 0 spiro atoms. The number of hydrogen-bond acceptors (Lipinski definition) is 2. The molecule has 0 fully saturated rings. The molecule has 0 aliphatic rings. The summed E-state index contributed by atoms with van der Waals surface area (Å²) < 4.78 is 4.99. The quantitative estimate of drug-likeness (QED) is 0.889. The predicted molar refractivity (Wildman–Crippen MR) is 66.2 cm³/mol. The number of benzene rings is 1. The fourth-order valence-corrected chi connectivity index (χ4v) is 1.95. The Kier molecular flexibility index (Phi) is 3.45. The molecule has 2 N–H and O–H groups in total. The van der Waals surface area contributed by atoms with Gasteiger partial charge in [-0.3, -0.25) is 0 Å². The van der Waals surface area contributed by atoms with Crippen molar-refractivity contribution >= 4 is 34.8 Å². The topological polar surface area (TPSA) is 39.2 Å². The van der Waals surface area contributed by atoms with Crippen molar-refractivity contribution in [3.05, 3.63) is 56.9 Å². The summed E-state index contributed by atoms with van der Waals surface area (Å²) in [7, 11) is 0. The zero-order valence-corrected chi connectivity index (χ0v) is 10.4. The summed E-state index contributed by atoms with van der Waals surface area (Å²) in [5.41, 5.74) is 7.59. The molecular formula is C11H8Cl3NO. The van der Waals surface area contributed by atoms with E-state index in [1.807, 2.05) is 6.07 Å². The molecule has 0 aliphatic carbocycles. The lowest BCUT2D eigenvalue weighted by molar-refractivity contribution is 0.564. The van der Waals surface area contributed by atoms with Gasteiger partial charge in [-0.2, -0.15) is 0 Å². The largest absolute Gasteiger partial charge is 0.453 e. The third-order valence-electron chi connectivity index (χ3n) is 2.28. The van der Waals surface area contributed by atoms with Gasteiger partial charge in [0.05, 0.1) is 22.4 Å². The average Bonchev–Trinajstić information content (AvgIpc) is 2.67. The zero-order valence-electron chi connectivity index (χ0n) is 8.08. The first-order valence-corrected chi connectivity index (χ1v) is 5.66. The lowest BCUT2D eigenvalue weighted by Crippen LogP contribution is -2.11. The molecule has 1 unspecified atom stereocenters. The molecular weight excluding hydrogens is 268 g/mol. The minimum Gasteiger partial charge on any atom is -0.453 e. The van der Waals surface area contributed by atoms with Gasteiger partial charge in [-0.15, -0.1) is 0 Å². The molecule has 16 heavy (non-hydrogen) atoms. The molecule has 0 aliphatic heterocycles. The highest BCUT2D eigenvalue weighted by Crippen LogP contribution is 2.30. The highest BCUT2D eigenvalue weighted by molar-refractivity contribution is 6.42. The third kappa shape index (κ3) is 2.20. The summed E-state index contributed by atoms with van der Waals surface area (Å²) in [6.45, 7) is 0. The van der Waals surface area contributed by atoms with Gasteiger partial charge in [0.15, 0.2) is 5.22 Å². The smallest absolute Gasteiger partial charge is 0.198 e. The van der Waals surface area contributed by atoms with E-state index in [1.165, 1.54) is 6.26 Å². The monoisotopic (exact) mass is 275 g/mol. The Balaban J connectivity index is 2.38. The maximum Gasteiger partial charge on any atom is 0.198 e. The Bertz CT molecular complexity index is 510. The van der Waals surface area contributed by atoms with Crippen LogP contribution >= 0.6 is 34.8 Å². The molecule has 5 heteroatoms. The molecule has 0 saturated carbocycles. The van der Waals surface area contributed by atoms with Crippen molar-refractivity contribution in [2.45, 2.75) is 6.04 Å². The Labute approximate surface area is 108 Å². The summed E-state index contributed by atoms with van der Waals surface area (Å²) in [6, 6.07) is 6.59. The van der Waals surface area contributed by atoms with E-state index in [9.17, 15) is 0 Å². The Morgan fingerprint density at radius 2 is 1.81 bits per heavy atom. The predicted octanol–water partition coefficient (Wildman–Crippen LogP) is 4.29. The molecule has 0 amide bonds. The Hall–Kier alpha value is -0.670. The molecule has 0 saturated heterocycles. The molecule has 1 aromatic carbocycles. The van der Waals surface area contributed by atoms with Crippen molar-refractivity contribution < 1.29 is 4.42 Å². The maximum absolute atomic E-state index is 6.03.